The van der Waals surface area contributed by atoms with Gasteiger partial charge < -0.3 is 15.5 Å². The predicted molar refractivity (Wildman–Crippen MR) is 90.3 cm³/mol. The van der Waals surface area contributed by atoms with E-state index in [0.717, 1.165) is 38.0 Å². The van der Waals surface area contributed by atoms with Crippen LogP contribution >= 0.6 is 0 Å². The number of carbonyl (C=O) groups is 2. The SMILES string of the molecule is CCc1ccc(N2CC(C(=O)NC3CCNCC3)CC2=O)cc1. The molecule has 2 aliphatic rings. The number of benzene rings is 1. The number of piperidine rings is 1. The van der Waals surface area contributed by atoms with E-state index in [1.807, 2.05) is 24.3 Å². The van der Waals surface area contributed by atoms with E-state index in [9.17, 15) is 9.59 Å². The summed E-state index contributed by atoms with van der Waals surface area (Å²) in [6.45, 7) is 4.49. The van der Waals surface area contributed by atoms with E-state index in [1.54, 1.807) is 4.90 Å². The largest absolute Gasteiger partial charge is 0.353 e. The van der Waals surface area contributed by atoms with Gasteiger partial charge in [0, 0.05) is 24.7 Å². The van der Waals surface area contributed by atoms with Gasteiger partial charge in [0.1, 0.15) is 0 Å². The van der Waals surface area contributed by atoms with Crippen molar-refractivity contribution >= 4 is 17.5 Å². The molecule has 5 heteroatoms. The summed E-state index contributed by atoms with van der Waals surface area (Å²) < 4.78 is 0. The minimum absolute atomic E-state index is 0.0259. The molecule has 0 aromatic heterocycles. The van der Waals surface area contributed by atoms with Gasteiger partial charge in [0.25, 0.3) is 0 Å². The highest BCUT2D eigenvalue weighted by Crippen LogP contribution is 2.26. The Balaban J connectivity index is 1.60. The first kappa shape index (κ1) is 16.0. The lowest BCUT2D eigenvalue weighted by atomic mass is 10.0. The zero-order valence-corrected chi connectivity index (χ0v) is 13.7. The molecule has 1 aromatic carbocycles. The van der Waals surface area contributed by atoms with Crippen LogP contribution in [0.4, 0.5) is 5.69 Å². The normalized spacial score (nSPS) is 22.4. The molecule has 1 atom stereocenters. The highest BCUT2D eigenvalue weighted by molar-refractivity contribution is 6.00. The Labute approximate surface area is 137 Å². The summed E-state index contributed by atoms with van der Waals surface area (Å²) in [6.07, 6.45) is 3.23. The Morgan fingerprint density at radius 2 is 1.96 bits per heavy atom. The highest BCUT2D eigenvalue weighted by atomic mass is 16.2. The van der Waals surface area contributed by atoms with Gasteiger partial charge in [-0.1, -0.05) is 19.1 Å². The number of nitrogens with one attached hydrogen (secondary N) is 2. The lowest BCUT2D eigenvalue weighted by Crippen LogP contribution is -2.45. The lowest BCUT2D eigenvalue weighted by Gasteiger charge is -2.25. The molecule has 2 saturated heterocycles. The first-order valence-electron chi connectivity index (χ1n) is 8.57. The molecule has 2 heterocycles. The molecule has 5 nitrogen and oxygen atoms in total. The standard InChI is InChI=1S/C18H25N3O2/c1-2-13-3-5-16(6-4-13)21-12-14(11-17(21)22)18(23)20-15-7-9-19-10-8-15/h3-6,14-15,19H,2,7-12H2,1H3,(H,20,23). The van der Waals surface area contributed by atoms with Crippen LogP contribution in [0.2, 0.25) is 0 Å². The first-order valence-corrected chi connectivity index (χ1v) is 8.57. The number of aryl methyl sites for hydroxylation is 1. The molecule has 0 bridgehead atoms. The van der Waals surface area contributed by atoms with Crippen molar-refractivity contribution in [2.24, 2.45) is 5.92 Å². The van der Waals surface area contributed by atoms with Gasteiger partial charge in [0.2, 0.25) is 11.8 Å². The molecular formula is C18H25N3O2. The fourth-order valence-electron chi connectivity index (χ4n) is 3.33. The number of nitrogens with zero attached hydrogens (tertiary/aromatic N) is 1. The fourth-order valence-corrected chi connectivity index (χ4v) is 3.33. The van der Waals surface area contributed by atoms with Crippen LogP contribution in [0.3, 0.4) is 0 Å². The Bertz CT molecular complexity index is 564. The summed E-state index contributed by atoms with van der Waals surface area (Å²) in [7, 11) is 0. The highest BCUT2D eigenvalue weighted by Gasteiger charge is 2.35. The second-order valence-corrected chi connectivity index (χ2v) is 6.46. The molecule has 2 aliphatic heterocycles. The van der Waals surface area contributed by atoms with Crippen molar-refractivity contribution in [1.82, 2.24) is 10.6 Å². The van der Waals surface area contributed by atoms with Crippen molar-refractivity contribution in [3.8, 4) is 0 Å². The van der Waals surface area contributed by atoms with E-state index in [1.165, 1.54) is 5.56 Å². The maximum Gasteiger partial charge on any atom is 0.227 e. The summed E-state index contributed by atoms with van der Waals surface area (Å²) >= 11 is 0. The average Bonchev–Trinajstić information content (AvgIpc) is 2.98. The minimum atomic E-state index is -0.233. The maximum atomic E-state index is 12.4. The Morgan fingerprint density at radius 1 is 1.26 bits per heavy atom. The van der Waals surface area contributed by atoms with Crippen molar-refractivity contribution in [3.63, 3.8) is 0 Å². The van der Waals surface area contributed by atoms with E-state index in [0.29, 0.717) is 13.0 Å². The van der Waals surface area contributed by atoms with Gasteiger partial charge in [0.15, 0.2) is 0 Å². The lowest BCUT2D eigenvalue weighted by molar-refractivity contribution is -0.127. The third-order valence-corrected chi connectivity index (χ3v) is 4.84. The molecule has 23 heavy (non-hydrogen) atoms. The van der Waals surface area contributed by atoms with Gasteiger partial charge in [-0.25, -0.2) is 0 Å². The third-order valence-electron chi connectivity index (χ3n) is 4.84. The first-order chi connectivity index (χ1) is 11.2. The van der Waals surface area contributed by atoms with Crippen molar-refractivity contribution in [3.05, 3.63) is 29.8 Å². The van der Waals surface area contributed by atoms with Crippen LogP contribution in [0.15, 0.2) is 24.3 Å². The zero-order valence-electron chi connectivity index (χ0n) is 13.7. The van der Waals surface area contributed by atoms with Gasteiger partial charge in [-0.15, -0.1) is 0 Å². The predicted octanol–water partition coefficient (Wildman–Crippen LogP) is 1.47. The van der Waals surface area contributed by atoms with Crippen molar-refractivity contribution in [1.29, 1.82) is 0 Å². The van der Waals surface area contributed by atoms with Crippen LogP contribution in [0.5, 0.6) is 0 Å². The molecule has 1 unspecified atom stereocenters. The van der Waals surface area contributed by atoms with Crippen molar-refractivity contribution in [2.45, 2.75) is 38.6 Å². The molecule has 2 amide bonds. The second-order valence-electron chi connectivity index (χ2n) is 6.46. The Morgan fingerprint density at radius 3 is 2.61 bits per heavy atom. The summed E-state index contributed by atoms with van der Waals surface area (Å²) in [4.78, 5) is 26.4. The number of carbonyl (C=O) groups excluding carboxylic acids is 2. The Kier molecular flexibility index (Phi) is 4.96. The van der Waals surface area contributed by atoms with Crippen LogP contribution in [-0.2, 0) is 16.0 Å². The summed E-state index contributed by atoms with van der Waals surface area (Å²) in [5.74, 6) is -0.166. The van der Waals surface area contributed by atoms with Gasteiger partial charge in [0.05, 0.1) is 5.92 Å². The smallest absolute Gasteiger partial charge is 0.227 e. The number of rotatable bonds is 4. The van der Waals surface area contributed by atoms with Crippen molar-refractivity contribution in [2.75, 3.05) is 24.5 Å². The number of hydrogen-bond acceptors (Lipinski definition) is 3. The molecular weight excluding hydrogens is 290 g/mol. The zero-order chi connectivity index (χ0) is 16.2. The fraction of sp³-hybridized carbons (Fsp3) is 0.556. The Hall–Kier alpha value is -1.88. The molecule has 0 aliphatic carbocycles. The molecule has 0 radical (unpaired) electrons. The van der Waals surface area contributed by atoms with Crippen LogP contribution < -0.4 is 15.5 Å². The molecule has 0 spiro atoms. The number of anilines is 1. The third kappa shape index (κ3) is 3.72. The van der Waals surface area contributed by atoms with Gasteiger partial charge >= 0.3 is 0 Å². The molecule has 1 aromatic rings. The second kappa shape index (κ2) is 7.13. The van der Waals surface area contributed by atoms with Crippen molar-refractivity contribution < 1.29 is 9.59 Å². The average molecular weight is 315 g/mol. The van der Waals surface area contributed by atoms with E-state index < -0.39 is 0 Å². The molecule has 3 rings (SSSR count). The van der Waals surface area contributed by atoms with E-state index >= 15 is 0 Å². The van der Waals surface area contributed by atoms with E-state index in [-0.39, 0.29) is 23.8 Å². The molecule has 2 fully saturated rings. The van der Waals surface area contributed by atoms with E-state index in [2.05, 4.69) is 17.6 Å². The van der Waals surface area contributed by atoms with Crippen LogP contribution in [0.25, 0.3) is 0 Å². The summed E-state index contributed by atoms with van der Waals surface area (Å²) in [6, 6.07) is 8.29. The van der Waals surface area contributed by atoms with Gasteiger partial charge in [-0.3, -0.25) is 9.59 Å². The molecule has 0 saturated carbocycles. The number of amides is 2. The van der Waals surface area contributed by atoms with Gasteiger partial charge in [-0.2, -0.15) is 0 Å². The minimum Gasteiger partial charge on any atom is -0.353 e. The summed E-state index contributed by atoms with van der Waals surface area (Å²) in [5, 5.41) is 6.40. The maximum absolute atomic E-state index is 12.4. The molecule has 124 valence electrons. The van der Waals surface area contributed by atoms with Crippen LogP contribution in [0, 0.1) is 5.92 Å². The van der Waals surface area contributed by atoms with Crippen LogP contribution in [0.1, 0.15) is 31.7 Å². The van der Waals surface area contributed by atoms with Gasteiger partial charge in [-0.05, 0) is 50.0 Å². The topological polar surface area (TPSA) is 61.4 Å². The quantitative estimate of drug-likeness (QED) is 0.884. The molecule has 2 N–H and O–H groups in total. The summed E-state index contributed by atoms with van der Waals surface area (Å²) in [5.41, 5.74) is 2.14. The monoisotopic (exact) mass is 315 g/mol. The van der Waals surface area contributed by atoms with E-state index in [4.69, 9.17) is 0 Å². The van der Waals surface area contributed by atoms with Crippen LogP contribution in [-0.4, -0.2) is 37.5 Å². The number of hydrogen-bond donors (Lipinski definition) is 2.